The van der Waals surface area contributed by atoms with E-state index in [1.54, 1.807) is 13.1 Å². The molecule has 1 aliphatic heterocycles. The van der Waals surface area contributed by atoms with Crippen LogP contribution in [0.15, 0.2) is 54.9 Å². The van der Waals surface area contributed by atoms with Crippen LogP contribution in [0.4, 0.5) is 33.5 Å². The highest BCUT2D eigenvalue weighted by Gasteiger charge is 2.20. The highest BCUT2D eigenvalue weighted by molar-refractivity contribution is 6.07. The zero-order chi connectivity index (χ0) is 29.8. The first-order chi connectivity index (χ1) is 21.0. The van der Waals surface area contributed by atoms with Crippen molar-refractivity contribution < 1.29 is 4.79 Å². The number of nitrogens with zero attached hydrogens (tertiary/aromatic N) is 7. The van der Waals surface area contributed by atoms with Crippen molar-refractivity contribution in [3.8, 4) is 0 Å². The van der Waals surface area contributed by atoms with E-state index in [4.69, 9.17) is 5.10 Å². The number of hydrogen-bond donors (Lipinski definition) is 2. The summed E-state index contributed by atoms with van der Waals surface area (Å²) in [6, 6.07) is 16.0. The molecule has 0 radical (unpaired) electrons. The first kappa shape index (κ1) is 28.9. The van der Waals surface area contributed by atoms with Gasteiger partial charge in [-0.25, -0.2) is 14.8 Å². The highest BCUT2D eigenvalue weighted by atomic mass is 16.2. The third-order valence-electron chi connectivity index (χ3n) is 8.98. The number of benzene rings is 2. The fourth-order valence-electron chi connectivity index (χ4n) is 6.41. The molecule has 2 aromatic heterocycles. The first-order valence-corrected chi connectivity index (χ1v) is 15.7. The summed E-state index contributed by atoms with van der Waals surface area (Å²) in [6.45, 7) is 10.5. The minimum absolute atomic E-state index is 0.274. The maximum Gasteiger partial charge on any atom is 0.327 e. The summed E-state index contributed by atoms with van der Waals surface area (Å²) in [5.74, 6) is 1.79. The topological polar surface area (TPSA) is 94.5 Å². The Hall–Kier alpha value is -4.18. The van der Waals surface area contributed by atoms with Crippen LogP contribution in [0.1, 0.15) is 44.7 Å². The Morgan fingerprint density at radius 2 is 1.77 bits per heavy atom. The van der Waals surface area contributed by atoms with Gasteiger partial charge in [0.2, 0.25) is 0 Å². The van der Waals surface area contributed by atoms with Gasteiger partial charge >= 0.3 is 6.03 Å². The molecule has 2 N–H and O–H groups in total. The van der Waals surface area contributed by atoms with Gasteiger partial charge in [-0.2, -0.15) is 5.10 Å². The number of aryl methyl sites for hydroxylation is 1. The zero-order valence-electron chi connectivity index (χ0n) is 25.6. The lowest BCUT2D eigenvalue weighted by atomic mass is 9.89. The van der Waals surface area contributed by atoms with Crippen molar-refractivity contribution >= 4 is 45.6 Å². The summed E-state index contributed by atoms with van der Waals surface area (Å²) >= 11 is 0. The molecule has 0 atom stereocenters. The Kier molecular flexibility index (Phi) is 8.74. The number of urea groups is 1. The van der Waals surface area contributed by atoms with Crippen molar-refractivity contribution in [1.29, 1.82) is 0 Å². The molecule has 1 saturated heterocycles. The van der Waals surface area contributed by atoms with E-state index in [1.165, 1.54) is 49.0 Å². The van der Waals surface area contributed by atoms with Gasteiger partial charge in [-0.15, -0.1) is 0 Å². The van der Waals surface area contributed by atoms with Gasteiger partial charge in [0.1, 0.15) is 18.0 Å². The molecule has 10 nitrogen and oxygen atoms in total. The van der Waals surface area contributed by atoms with Crippen LogP contribution in [-0.2, 0) is 6.54 Å². The van der Waals surface area contributed by atoms with E-state index in [-0.39, 0.29) is 6.03 Å². The third-order valence-corrected chi connectivity index (χ3v) is 8.98. The Bertz CT molecular complexity index is 1540. The van der Waals surface area contributed by atoms with Gasteiger partial charge in [-0.1, -0.05) is 32.3 Å². The van der Waals surface area contributed by atoms with Crippen LogP contribution < -0.4 is 20.4 Å². The van der Waals surface area contributed by atoms with Crippen LogP contribution in [0.5, 0.6) is 0 Å². The highest BCUT2D eigenvalue weighted by Crippen LogP contribution is 2.31. The van der Waals surface area contributed by atoms with Gasteiger partial charge in [0.25, 0.3) is 0 Å². The van der Waals surface area contributed by atoms with Crippen molar-refractivity contribution in [2.24, 2.45) is 5.92 Å². The van der Waals surface area contributed by atoms with Crippen LogP contribution in [-0.4, -0.2) is 70.5 Å². The number of carbonyl (C=O) groups is 1. The van der Waals surface area contributed by atoms with Crippen molar-refractivity contribution in [3.05, 3.63) is 60.6 Å². The van der Waals surface area contributed by atoms with E-state index in [0.717, 1.165) is 67.2 Å². The van der Waals surface area contributed by atoms with Gasteiger partial charge in [-0.05, 0) is 68.6 Å². The molecule has 0 bridgehead atoms. The summed E-state index contributed by atoms with van der Waals surface area (Å²) in [5.41, 5.74) is 4.90. The summed E-state index contributed by atoms with van der Waals surface area (Å²) in [7, 11) is 1.72. The lowest BCUT2D eigenvalue weighted by Crippen LogP contribution is -2.46. The van der Waals surface area contributed by atoms with Crippen LogP contribution in [0, 0.1) is 12.8 Å². The number of nitrogens with one attached hydrogen (secondary N) is 2. The normalized spacial score (nSPS) is 16.4. The monoisotopic (exact) mass is 581 g/mol. The number of fused-ring (bicyclic) bond motifs is 1. The maximum atomic E-state index is 13.4. The Balaban J connectivity index is 1.11. The largest absolute Gasteiger partial charge is 0.369 e. The minimum Gasteiger partial charge on any atom is -0.369 e. The molecule has 0 spiro atoms. The number of hydrogen-bond acceptors (Lipinski definition) is 7. The summed E-state index contributed by atoms with van der Waals surface area (Å²) in [6.07, 6.45) is 7.95. The molecule has 4 aromatic rings. The Labute approximate surface area is 254 Å². The van der Waals surface area contributed by atoms with Gasteiger partial charge in [0, 0.05) is 62.6 Å². The first-order valence-electron chi connectivity index (χ1n) is 15.7. The molecule has 43 heavy (non-hydrogen) atoms. The van der Waals surface area contributed by atoms with Crippen molar-refractivity contribution in [2.45, 2.75) is 52.5 Å². The predicted octanol–water partition coefficient (Wildman–Crippen LogP) is 6.27. The summed E-state index contributed by atoms with van der Waals surface area (Å²) in [5, 5.41) is 12.3. The van der Waals surface area contributed by atoms with Gasteiger partial charge in [0.05, 0.1) is 16.9 Å². The van der Waals surface area contributed by atoms with Crippen molar-refractivity contribution in [3.63, 3.8) is 0 Å². The fourth-order valence-corrected chi connectivity index (χ4v) is 6.41. The number of rotatable bonds is 8. The van der Waals surface area contributed by atoms with E-state index >= 15 is 0 Å². The minimum atomic E-state index is -0.274. The molecule has 2 aliphatic rings. The molecule has 2 fully saturated rings. The predicted molar refractivity (Wildman–Crippen MR) is 175 cm³/mol. The summed E-state index contributed by atoms with van der Waals surface area (Å²) in [4.78, 5) is 28.6. The second-order valence-electron chi connectivity index (χ2n) is 11.8. The number of aromatic nitrogens is 4. The van der Waals surface area contributed by atoms with E-state index in [1.807, 2.05) is 19.1 Å². The van der Waals surface area contributed by atoms with Gasteiger partial charge in [-0.3, -0.25) is 9.58 Å². The molecule has 0 unspecified atom stereocenters. The maximum absolute atomic E-state index is 13.4. The SMILES string of the molecule is CCN1CCN(c2ccc(Nc3cc(N(C)C(=O)Nc4cccc5c4c(C)nn5CC4CCCCC4)ncn3)cc2)CC1. The standard InChI is InChI=1S/C33H43N9O/c1-4-40-17-19-41(20-18-40)27-15-13-26(14-16-27)36-30-21-31(35-23-34-30)39(3)33(43)37-28-11-8-12-29-32(28)24(2)38-42(29)22-25-9-6-5-7-10-25/h8,11-16,21,23,25H,4-7,9-10,17-20,22H2,1-3H3,(H,37,43)(H,34,35,36). The molecule has 6 rings (SSSR count). The lowest BCUT2D eigenvalue weighted by molar-refractivity contribution is 0.258. The third kappa shape index (κ3) is 6.59. The molecule has 1 aliphatic carbocycles. The number of piperazine rings is 1. The fraction of sp³-hybridized carbons (Fsp3) is 0.455. The van der Waals surface area contributed by atoms with Crippen LogP contribution in [0.25, 0.3) is 10.9 Å². The Morgan fingerprint density at radius 3 is 2.51 bits per heavy atom. The second-order valence-corrected chi connectivity index (χ2v) is 11.8. The Morgan fingerprint density at radius 1 is 1.00 bits per heavy atom. The molecule has 2 aromatic carbocycles. The number of likely N-dealkylation sites (N-methyl/N-ethyl adjacent to an activating group) is 1. The molecular formula is C33H43N9O. The molecule has 1 saturated carbocycles. The van der Waals surface area contributed by atoms with Crippen molar-refractivity contribution in [1.82, 2.24) is 24.6 Å². The lowest BCUT2D eigenvalue weighted by Gasteiger charge is -2.35. The van der Waals surface area contributed by atoms with Crippen molar-refractivity contribution in [2.75, 3.05) is 60.2 Å². The average Bonchev–Trinajstić information content (AvgIpc) is 3.37. The smallest absolute Gasteiger partial charge is 0.327 e. The quantitative estimate of drug-likeness (QED) is 0.253. The number of anilines is 5. The molecule has 226 valence electrons. The van der Waals surface area contributed by atoms with Crippen LogP contribution >= 0.6 is 0 Å². The van der Waals surface area contributed by atoms with E-state index in [9.17, 15) is 4.79 Å². The molecule has 2 amide bonds. The van der Waals surface area contributed by atoms with Gasteiger partial charge < -0.3 is 20.4 Å². The van der Waals surface area contributed by atoms with E-state index < -0.39 is 0 Å². The van der Waals surface area contributed by atoms with Gasteiger partial charge in [0.15, 0.2) is 0 Å². The molecular weight excluding hydrogens is 538 g/mol. The van der Waals surface area contributed by atoms with E-state index in [0.29, 0.717) is 17.6 Å². The number of amides is 2. The second kappa shape index (κ2) is 13.0. The summed E-state index contributed by atoms with van der Waals surface area (Å²) < 4.78 is 2.13. The van der Waals surface area contributed by atoms with Crippen LogP contribution in [0.2, 0.25) is 0 Å². The van der Waals surface area contributed by atoms with Crippen LogP contribution in [0.3, 0.4) is 0 Å². The zero-order valence-corrected chi connectivity index (χ0v) is 25.6. The number of carbonyl (C=O) groups excluding carboxylic acids is 1. The average molecular weight is 582 g/mol. The van der Waals surface area contributed by atoms with E-state index in [2.05, 4.69) is 72.3 Å². The molecule has 10 heteroatoms. The molecule has 3 heterocycles.